The van der Waals surface area contributed by atoms with E-state index >= 15 is 0 Å². The van der Waals surface area contributed by atoms with Crippen molar-refractivity contribution in [1.82, 2.24) is 14.5 Å². The topological polar surface area (TPSA) is 47.1 Å². The number of aromatic nitrogens is 2. The van der Waals surface area contributed by atoms with Gasteiger partial charge in [0.25, 0.3) is 0 Å². The number of hydrogen-bond acceptors (Lipinski definition) is 3. The van der Waals surface area contributed by atoms with Crippen molar-refractivity contribution in [2.24, 2.45) is 5.73 Å². The van der Waals surface area contributed by atoms with Crippen molar-refractivity contribution in [3.8, 4) is 0 Å². The van der Waals surface area contributed by atoms with Crippen LogP contribution in [0.1, 0.15) is 49.8 Å². The minimum absolute atomic E-state index is 0.0689. The van der Waals surface area contributed by atoms with Gasteiger partial charge in [0.05, 0.1) is 11.9 Å². The lowest BCUT2D eigenvalue weighted by Gasteiger charge is -2.25. The van der Waals surface area contributed by atoms with Crippen LogP contribution in [-0.4, -0.2) is 34.1 Å². The Morgan fingerprint density at radius 3 is 3.00 bits per heavy atom. The highest BCUT2D eigenvalue weighted by Crippen LogP contribution is 2.35. The molecule has 2 N–H and O–H groups in total. The first-order valence-corrected chi connectivity index (χ1v) is 7.33. The molecule has 0 radical (unpaired) electrons. The minimum Gasteiger partial charge on any atom is -0.314 e. The predicted molar refractivity (Wildman–Crippen MR) is 72.9 cm³/mol. The molecular formula is C13H21ClN4. The molecule has 4 nitrogen and oxygen atoms in total. The summed E-state index contributed by atoms with van der Waals surface area (Å²) in [5.41, 5.74) is 7.40. The quantitative estimate of drug-likeness (QED) is 0.894. The van der Waals surface area contributed by atoms with Crippen LogP contribution >= 0.6 is 11.6 Å². The van der Waals surface area contributed by atoms with Gasteiger partial charge in [-0.15, -0.1) is 0 Å². The number of likely N-dealkylation sites (N-methyl/N-ethyl adjacent to an activating group) is 1. The number of likely N-dealkylation sites (tertiary alicyclic amines) is 1. The minimum atomic E-state index is 0.0689. The highest BCUT2D eigenvalue weighted by atomic mass is 35.5. The van der Waals surface area contributed by atoms with E-state index in [2.05, 4.69) is 21.4 Å². The smallest absolute Gasteiger partial charge is 0.150 e. The van der Waals surface area contributed by atoms with Crippen molar-refractivity contribution in [3.05, 3.63) is 16.7 Å². The van der Waals surface area contributed by atoms with Crippen LogP contribution in [0.15, 0.2) is 0 Å². The third-order valence-corrected chi connectivity index (χ3v) is 4.62. The Morgan fingerprint density at radius 2 is 2.28 bits per heavy atom. The van der Waals surface area contributed by atoms with Crippen LogP contribution in [0.4, 0.5) is 0 Å². The summed E-state index contributed by atoms with van der Waals surface area (Å²) in [6.07, 6.45) is 4.42. The molecule has 2 atom stereocenters. The summed E-state index contributed by atoms with van der Waals surface area (Å²) in [5.74, 6) is 1.62. The standard InChI is InChI=1S/C13H21ClN4/c1-2-17-7-6-9(8-17)13-16-12(14)10-4-3-5-11(15)18(10)13/h9,11H,2-8,15H2,1H3. The summed E-state index contributed by atoms with van der Waals surface area (Å²) >= 11 is 6.28. The maximum absolute atomic E-state index is 6.28. The van der Waals surface area contributed by atoms with E-state index in [4.69, 9.17) is 17.3 Å². The highest BCUT2D eigenvalue weighted by molar-refractivity contribution is 6.30. The van der Waals surface area contributed by atoms with Gasteiger partial charge in [0.1, 0.15) is 5.82 Å². The summed E-state index contributed by atoms with van der Waals surface area (Å²) in [4.78, 5) is 7.08. The lowest BCUT2D eigenvalue weighted by molar-refractivity contribution is 0.346. The fourth-order valence-corrected chi connectivity index (χ4v) is 3.55. The van der Waals surface area contributed by atoms with Gasteiger partial charge in [-0.3, -0.25) is 0 Å². The maximum Gasteiger partial charge on any atom is 0.150 e. The molecule has 2 aliphatic heterocycles. The number of halogens is 1. The van der Waals surface area contributed by atoms with Gasteiger partial charge in [-0.25, -0.2) is 4.98 Å². The number of nitrogens with zero attached hydrogens (tertiary/aromatic N) is 3. The normalized spacial score (nSPS) is 28.6. The molecule has 2 unspecified atom stereocenters. The Labute approximate surface area is 113 Å². The zero-order valence-electron chi connectivity index (χ0n) is 10.9. The second kappa shape index (κ2) is 4.83. The summed E-state index contributed by atoms with van der Waals surface area (Å²) in [6.45, 7) is 5.58. The molecule has 5 heteroatoms. The van der Waals surface area contributed by atoms with E-state index in [1.165, 1.54) is 6.42 Å². The van der Waals surface area contributed by atoms with Gasteiger partial charge in [0.15, 0.2) is 5.15 Å². The largest absolute Gasteiger partial charge is 0.314 e. The second-order valence-electron chi connectivity index (χ2n) is 5.42. The predicted octanol–water partition coefficient (Wildman–Crippen LogP) is 2.14. The van der Waals surface area contributed by atoms with Crippen molar-refractivity contribution in [1.29, 1.82) is 0 Å². The van der Waals surface area contributed by atoms with E-state index in [1.54, 1.807) is 0 Å². The fourth-order valence-electron chi connectivity index (χ4n) is 3.28. The fraction of sp³-hybridized carbons (Fsp3) is 0.769. The summed E-state index contributed by atoms with van der Waals surface area (Å²) in [6, 6.07) is 0. The highest BCUT2D eigenvalue weighted by Gasteiger charge is 2.31. The molecule has 0 aliphatic carbocycles. The number of nitrogens with two attached hydrogens (primary N) is 1. The van der Waals surface area contributed by atoms with Crippen LogP contribution in [-0.2, 0) is 6.42 Å². The molecule has 18 heavy (non-hydrogen) atoms. The van der Waals surface area contributed by atoms with Crippen molar-refractivity contribution >= 4 is 11.6 Å². The second-order valence-corrected chi connectivity index (χ2v) is 5.77. The van der Waals surface area contributed by atoms with Gasteiger partial charge in [-0.05, 0) is 38.8 Å². The van der Waals surface area contributed by atoms with E-state index in [0.717, 1.165) is 50.4 Å². The van der Waals surface area contributed by atoms with Gasteiger partial charge in [0.2, 0.25) is 0 Å². The lowest BCUT2D eigenvalue weighted by atomic mass is 10.1. The average Bonchev–Trinajstić information content (AvgIpc) is 2.95. The molecule has 1 aromatic rings. The van der Waals surface area contributed by atoms with Gasteiger partial charge in [0, 0.05) is 12.5 Å². The van der Waals surface area contributed by atoms with E-state index in [0.29, 0.717) is 11.1 Å². The van der Waals surface area contributed by atoms with Crippen LogP contribution in [0.5, 0.6) is 0 Å². The van der Waals surface area contributed by atoms with Crippen molar-refractivity contribution in [2.45, 2.75) is 44.7 Å². The molecule has 0 aromatic carbocycles. The van der Waals surface area contributed by atoms with Gasteiger partial charge >= 0.3 is 0 Å². The molecule has 3 rings (SSSR count). The van der Waals surface area contributed by atoms with E-state index in [1.807, 2.05) is 0 Å². The number of hydrogen-bond donors (Lipinski definition) is 1. The molecular weight excluding hydrogens is 248 g/mol. The summed E-state index contributed by atoms with van der Waals surface area (Å²) in [5, 5.41) is 0.676. The first kappa shape index (κ1) is 12.5. The molecule has 0 bridgehead atoms. The Morgan fingerprint density at radius 1 is 1.44 bits per heavy atom. The van der Waals surface area contributed by atoms with Crippen molar-refractivity contribution < 1.29 is 0 Å². The number of rotatable bonds is 2. The average molecular weight is 269 g/mol. The van der Waals surface area contributed by atoms with Gasteiger partial charge in [-0.1, -0.05) is 18.5 Å². The molecule has 1 aromatic heterocycles. The molecule has 1 fully saturated rings. The number of imidazole rings is 1. The van der Waals surface area contributed by atoms with Crippen molar-refractivity contribution in [3.63, 3.8) is 0 Å². The third-order valence-electron chi connectivity index (χ3n) is 4.32. The van der Waals surface area contributed by atoms with E-state index in [9.17, 15) is 0 Å². The zero-order valence-corrected chi connectivity index (χ0v) is 11.7. The van der Waals surface area contributed by atoms with Crippen LogP contribution in [0.2, 0.25) is 5.15 Å². The van der Waals surface area contributed by atoms with E-state index in [-0.39, 0.29) is 6.17 Å². The summed E-state index contributed by atoms with van der Waals surface area (Å²) < 4.78 is 2.22. The maximum atomic E-state index is 6.28. The third kappa shape index (κ3) is 1.96. The Balaban J connectivity index is 1.93. The first-order chi connectivity index (χ1) is 8.70. The zero-order chi connectivity index (χ0) is 12.7. The molecule has 0 saturated carbocycles. The monoisotopic (exact) mass is 268 g/mol. The Bertz CT molecular complexity index is 442. The molecule has 3 heterocycles. The van der Waals surface area contributed by atoms with Crippen LogP contribution < -0.4 is 5.73 Å². The molecule has 0 amide bonds. The Kier molecular flexibility index (Phi) is 3.34. The van der Waals surface area contributed by atoms with E-state index < -0.39 is 0 Å². The summed E-state index contributed by atoms with van der Waals surface area (Å²) in [7, 11) is 0. The molecule has 1 saturated heterocycles. The van der Waals surface area contributed by atoms with Gasteiger partial charge < -0.3 is 15.2 Å². The van der Waals surface area contributed by atoms with Gasteiger partial charge in [-0.2, -0.15) is 0 Å². The lowest BCUT2D eigenvalue weighted by Crippen LogP contribution is -2.28. The van der Waals surface area contributed by atoms with Crippen LogP contribution in [0.25, 0.3) is 0 Å². The molecule has 0 spiro atoms. The SMILES string of the molecule is CCN1CCC(c2nc(Cl)c3n2C(N)CCC3)C1. The molecule has 2 aliphatic rings. The first-order valence-electron chi connectivity index (χ1n) is 6.95. The Hall–Kier alpha value is -0.580. The number of fused-ring (bicyclic) bond motifs is 1. The van der Waals surface area contributed by atoms with Crippen molar-refractivity contribution in [2.75, 3.05) is 19.6 Å². The van der Waals surface area contributed by atoms with Crippen LogP contribution in [0, 0.1) is 0 Å². The van der Waals surface area contributed by atoms with Crippen LogP contribution in [0.3, 0.4) is 0 Å². The molecule has 100 valence electrons.